The Morgan fingerprint density at radius 2 is 1.62 bits per heavy atom. The maximum atomic E-state index is 12.2. The number of alkyl halides is 3. The normalized spacial score (nSPS) is 15.9. The van der Waals surface area contributed by atoms with Crippen LogP contribution < -0.4 is 0 Å². The standard InChI is InChI=1S/C11H13F3O2/c1-2-9(15)10(16)7-3-5-8(6-4-7)11(12,13)14/h3-6,9-10,15-16H,2H2,1H3. The average molecular weight is 234 g/mol. The van der Waals surface area contributed by atoms with E-state index < -0.39 is 23.9 Å². The summed E-state index contributed by atoms with van der Waals surface area (Å²) in [6, 6.07) is 4.13. The SMILES string of the molecule is CCC(O)C(O)c1ccc(C(F)(F)F)cc1. The highest BCUT2D eigenvalue weighted by atomic mass is 19.4. The Hall–Kier alpha value is -1.07. The van der Waals surface area contributed by atoms with Crippen molar-refractivity contribution in [2.75, 3.05) is 0 Å². The van der Waals surface area contributed by atoms with Gasteiger partial charge in [0.1, 0.15) is 6.10 Å². The Labute approximate surface area is 91.3 Å². The molecule has 0 saturated carbocycles. The molecule has 1 aromatic rings. The van der Waals surface area contributed by atoms with Crippen molar-refractivity contribution in [3.05, 3.63) is 35.4 Å². The minimum Gasteiger partial charge on any atom is -0.390 e. The summed E-state index contributed by atoms with van der Waals surface area (Å²) in [5.74, 6) is 0. The summed E-state index contributed by atoms with van der Waals surface area (Å²) < 4.78 is 36.7. The van der Waals surface area contributed by atoms with E-state index in [4.69, 9.17) is 0 Å². The Morgan fingerprint density at radius 1 is 1.12 bits per heavy atom. The van der Waals surface area contributed by atoms with Gasteiger partial charge in [0, 0.05) is 0 Å². The maximum Gasteiger partial charge on any atom is 0.416 e. The first kappa shape index (κ1) is 13.0. The zero-order valence-corrected chi connectivity index (χ0v) is 8.70. The van der Waals surface area contributed by atoms with E-state index in [0.29, 0.717) is 6.42 Å². The minimum absolute atomic E-state index is 0.280. The summed E-state index contributed by atoms with van der Waals surface area (Å²) in [6.45, 7) is 1.68. The van der Waals surface area contributed by atoms with Gasteiger partial charge in [0.25, 0.3) is 0 Å². The molecular weight excluding hydrogens is 221 g/mol. The van der Waals surface area contributed by atoms with Crippen LogP contribution in [0.15, 0.2) is 24.3 Å². The van der Waals surface area contributed by atoms with Crippen LogP contribution in [0.3, 0.4) is 0 Å². The van der Waals surface area contributed by atoms with Crippen molar-refractivity contribution in [3.63, 3.8) is 0 Å². The fourth-order valence-electron chi connectivity index (χ4n) is 1.31. The minimum atomic E-state index is -4.38. The molecule has 0 aromatic heterocycles. The lowest BCUT2D eigenvalue weighted by Crippen LogP contribution is -2.17. The predicted octanol–water partition coefficient (Wildman–Crippen LogP) is 2.51. The lowest BCUT2D eigenvalue weighted by atomic mass is 10.0. The number of halogens is 3. The van der Waals surface area contributed by atoms with Gasteiger partial charge >= 0.3 is 6.18 Å². The molecule has 0 radical (unpaired) electrons. The molecule has 2 atom stereocenters. The Morgan fingerprint density at radius 3 is 2.00 bits per heavy atom. The molecule has 0 saturated heterocycles. The molecule has 0 bridgehead atoms. The molecule has 90 valence electrons. The molecule has 0 aliphatic carbocycles. The molecule has 1 rings (SSSR count). The van der Waals surface area contributed by atoms with Crippen LogP contribution in [0, 0.1) is 0 Å². The fraction of sp³-hybridized carbons (Fsp3) is 0.455. The molecule has 0 heterocycles. The molecule has 0 aliphatic rings. The molecule has 2 N–H and O–H groups in total. The van der Waals surface area contributed by atoms with Crippen LogP contribution in [0.2, 0.25) is 0 Å². The summed E-state index contributed by atoms with van der Waals surface area (Å²) in [4.78, 5) is 0. The summed E-state index contributed by atoms with van der Waals surface area (Å²) in [5, 5.41) is 18.9. The second-order valence-electron chi connectivity index (χ2n) is 3.54. The molecular formula is C11H13F3O2. The molecule has 0 aliphatic heterocycles. The summed E-state index contributed by atoms with van der Waals surface area (Å²) in [6.07, 6.45) is -6.15. The average Bonchev–Trinajstić information content (AvgIpc) is 2.26. The van der Waals surface area contributed by atoms with Crippen molar-refractivity contribution < 1.29 is 23.4 Å². The number of benzene rings is 1. The molecule has 2 nitrogen and oxygen atoms in total. The number of aliphatic hydroxyl groups is 2. The van der Waals surface area contributed by atoms with E-state index in [2.05, 4.69) is 0 Å². The van der Waals surface area contributed by atoms with Crippen LogP contribution in [-0.2, 0) is 6.18 Å². The third-order valence-electron chi connectivity index (χ3n) is 2.36. The van der Waals surface area contributed by atoms with Crippen LogP contribution in [0.25, 0.3) is 0 Å². The van der Waals surface area contributed by atoms with Gasteiger partial charge < -0.3 is 10.2 Å². The van der Waals surface area contributed by atoms with Crippen molar-refractivity contribution in [3.8, 4) is 0 Å². The summed E-state index contributed by atoms with van der Waals surface area (Å²) >= 11 is 0. The van der Waals surface area contributed by atoms with Gasteiger partial charge in [0.15, 0.2) is 0 Å². The van der Waals surface area contributed by atoms with E-state index >= 15 is 0 Å². The van der Waals surface area contributed by atoms with Crippen molar-refractivity contribution in [1.82, 2.24) is 0 Å². The zero-order chi connectivity index (χ0) is 12.3. The molecule has 0 spiro atoms. The highest BCUT2D eigenvalue weighted by Gasteiger charge is 2.30. The van der Waals surface area contributed by atoms with Crippen molar-refractivity contribution in [2.45, 2.75) is 31.7 Å². The van der Waals surface area contributed by atoms with E-state index in [-0.39, 0.29) is 5.56 Å². The van der Waals surface area contributed by atoms with E-state index in [1.165, 1.54) is 12.1 Å². The Kier molecular flexibility index (Phi) is 3.93. The van der Waals surface area contributed by atoms with Gasteiger partial charge in [-0.05, 0) is 24.1 Å². The smallest absolute Gasteiger partial charge is 0.390 e. The van der Waals surface area contributed by atoms with Crippen LogP contribution in [-0.4, -0.2) is 16.3 Å². The van der Waals surface area contributed by atoms with E-state index in [1.807, 2.05) is 0 Å². The van der Waals surface area contributed by atoms with Gasteiger partial charge in [-0.3, -0.25) is 0 Å². The van der Waals surface area contributed by atoms with Gasteiger partial charge in [-0.2, -0.15) is 13.2 Å². The van der Waals surface area contributed by atoms with Crippen LogP contribution in [0.5, 0.6) is 0 Å². The zero-order valence-electron chi connectivity index (χ0n) is 8.70. The largest absolute Gasteiger partial charge is 0.416 e. The maximum absolute atomic E-state index is 12.2. The summed E-state index contributed by atoms with van der Waals surface area (Å²) in [7, 11) is 0. The molecule has 5 heteroatoms. The molecule has 0 amide bonds. The highest BCUT2D eigenvalue weighted by Crippen LogP contribution is 2.30. The Balaban J connectivity index is 2.87. The monoisotopic (exact) mass is 234 g/mol. The highest BCUT2D eigenvalue weighted by molar-refractivity contribution is 5.26. The van der Waals surface area contributed by atoms with Gasteiger partial charge in [0.05, 0.1) is 11.7 Å². The molecule has 2 unspecified atom stereocenters. The molecule has 1 aromatic carbocycles. The topological polar surface area (TPSA) is 40.5 Å². The number of hydrogen-bond donors (Lipinski definition) is 2. The third-order valence-corrected chi connectivity index (χ3v) is 2.36. The van der Waals surface area contributed by atoms with E-state index in [1.54, 1.807) is 6.92 Å². The number of aliphatic hydroxyl groups excluding tert-OH is 2. The summed E-state index contributed by atoms with van der Waals surface area (Å²) in [5.41, 5.74) is -0.489. The first-order valence-electron chi connectivity index (χ1n) is 4.89. The first-order chi connectivity index (χ1) is 7.36. The van der Waals surface area contributed by atoms with Crippen molar-refractivity contribution in [1.29, 1.82) is 0 Å². The molecule has 16 heavy (non-hydrogen) atoms. The quantitative estimate of drug-likeness (QED) is 0.843. The second-order valence-corrected chi connectivity index (χ2v) is 3.54. The van der Waals surface area contributed by atoms with E-state index in [9.17, 15) is 23.4 Å². The molecule has 0 fully saturated rings. The van der Waals surface area contributed by atoms with E-state index in [0.717, 1.165) is 12.1 Å². The second kappa shape index (κ2) is 4.84. The Bertz CT molecular complexity index is 332. The van der Waals surface area contributed by atoms with Gasteiger partial charge in [-0.1, -0.05) is 19.1 Å². The predicted molar refractivity (Wildman–Crippen MR) is 52.7 cm³/mol. The van der Waals surface area contributed by atoms with Crippen molar-refractivity contribution in [2.24, 2.45) is 0 Å². The van der Waals surface area contributed by atoms with Crippen LogP contribution >= 0.6 is 0 Å². The van der Waals surface area contributed by atoms with Gasteiger partial charge in [-0.15, -0.1) is 0 Å². The van der Waals surface area contributed by atoms with Crippen LogP contribution in [0.1, 0.15) is 30.6 Å². The van der Waals surface area contributed by atoms with Crippen molar-refractivity contribution >= 4 is 0 Å². The third kappa shape index (κ3) is 2.96. The number of rotatable bonds is 3. The van der Waals surface area contributed by atoms with Gasteiger partial charge in [0.2, 0.25) is 0 Å². The first-order valence-corrected chi connectivity index (χ1v) is 4.89. The lowest BCUT2D eigenvalue weighted by molar-refractivity contribution is -0.137. The van der Waals surface area contributed by atoms with Crippen LogP contribution in [0.4, 0.5) is 13.2 Å². The number of hydrogen-bond acceptors (Lipinski definition) is 2. The van der Waals surface area contributed by atoms with Gasteiger partial charge in [-0.25, -0.2) is 0 Å². The fourth-order valence-corrected chi connectivity index (χ4v) is 1.31. The lowest BCUT2D eigenvalue weighted by Gasteiger charge is -2.17.